The fourth-order valence-corrected chi connectivity index (χ4v) is 2.97. The summed E-state index contributed by atoms with van der Waals surface area (Å²) >= 11 is 0. The molecule has 1 aliphatic heterocycles. The fraction of sp³-hybridized carbons (Fsp3) is 0.455. The number of amides is 1. The predicted octanol–water partition coefficient (Wildman–Crippen LogP) is 3.75. The standard InChI is InChI=1S/C22H28F2N4O4/c1-15(2)30-11-3-8-26-20-12-16(6-10-27-20)14-25-9-7-21(29)28-17-4-5-18-19(13-17)32-22(23,24)31-18/h4-6,10,12-13,15,25H,3,7-9,11,14H2,1-2H3,(H,26,27)(H,28,29). The van der Waals surface area contributed by atoms with Crippen LogP contribution < -0.4 is 25.4 Å². The van der Waals surface area contributed by atoms with Gasteiger partial charge in [0, 0.05) is 50.6 Å². The van der Waals surface area contributed by atoms with Gasteiger partial charge in [0.05, 0.1) is 6.10 Å². The van der Waals surface area contributed by atoms with Gasteiger partial charge in [0.15, 0.2) is 11.5 Å². The molecule has 32 heavy (non-hydrogen) atoms. The van der Waals surface area contributed by atoms with Gasteiger partial charge in [0.2, 0.25) is 5.91 Å². The number of aromatic nitrogens is 1. The molecule has 0 bridgehead atoms. The number of ether oxygens (including phenoxy) is 3. The maximum Gasteiger partial charge on any atom is 0.586 e. The Morgan fingerprint density at radius 2 is 1.97 bits per heavy atom. The lowest BCUT2D eigenvalue weighted by molar-refractivity contribution is -0.286. The number of halogens is 2. The zero-order chi connectivity index (χ0) is 23.0. The number of carbonyl (C=O) groups excluding carboxylic acids is 1. The molecule has 1 aliphatic rings. The molecule has 0 saturated carbocycles. The summed E-state index contributed by atoms with van der Waals surface area (Å²) < 4.78 is 40.4. The van der Waals surface area contributed by atoms with E-state index < -0.39 is 6.29 Å². The summed E-state index contributed by atoms with van der Waals surface area (Å²) in [4.78, 5) is 16.4. The van der Waals surface area contributed by atoms with Crippen LogP contribution in [0.15, 0.2) is 36.5 Å². The first-order chi connectivity index (χ1) is 15.3. The molecule has 174 valence electrons. The van der Waals surface area contributed by atoms with Crippen molar-refractivity contribution in [3.8, 4) is 11.5 Å². The van der Waals surface area contributed by atoms with Gasteiger partial charge in [-0.1, -0.05) is 0 Å². The second-order valence-electron chi connectivity index (χ2n) is 7.55. The molecule has 0 unspecified atom stereocenters. The molecule has 10 heteroatoms. The highest BCUT2D eigenvalue weighted by Gasteiger charge is 2.43. The van der Waals surface area contributed by atoms with Gasteiger partial charge in [-0.2, -0.15) is 0 Å². The molecule has 0 aliphatic carbocycles. The molecule has 0 radical (unpaired) electrons. The summed E-state index contributed by atoms with van der Waals surface area (Å²) in [7, 11) is 0. The third kappa shape index (κ3) is 7.61. The molecule has 3 N–H and O–H groups in total. The number of benzene rings is 1. The van der Waals surface area contributed by atoms with Crippen LogP contribution in [0.5, 0.6) is 11.5 Å². The van der Waals surface area contributed by atoms with Crippen LogP contribution in [0.25, 0.3) is 0 Å². The third-order valence-corrected chi connectivity index (χ3v) is 4.45. The van der Waals surface area contributed by atoms with E-state index in [0.717, 1.165) is 24.3 Å². The Labute approximate surface area is 185 Å². The number of hydrogen-bond donors (Lipinski definition) is 3. The number of hydrogen-bond acceptors (Lipinski definition) is 7. The monoisotopic (exact) mass is 450 g/mol. The van der Waals surface area contributed by atoms with Gasteiger partial charge in [-0.25, -0.2) is 4.98 Å². The minimum atomic E-state index is -3.68. The van der Waals surface area contributed by atoms with Gasteiger partial charge in [0.1, 0.15) is 5.82 Å². The van der Waals surface area contributed by atoms with Crippen molar-refractivity contribution < 1.29 is 27.8 Å². The van der Waals surface area contributed by atoms with E-state index in [0.29, 0.717) is 25.4 Å². The number of rotatable bonds is 12. The summed E-state index contributed by atoms with van der Waals surface area (Å²) in [5.74, 6) is 0.369. The number of carbonyl (C=O) groups is 1. The molecular formula is C22H28F2N4O4. The Kier molecular flexibility index (Phi) is 8.18. The summed E-state index contributed by atoms with van der Waals surface area (Å²) in [5, 5.41) is 9.13. The van der Waals surface area contributed by atoms with Crippen molar-refractivity contribution in [2.45, 2.75) is 45.6 Å². The van der Waals surface area contributed by atoms with Gasteiger partial charge in [-0.15, -0.1) is 8.78 Å². The maximum absolute atomic E-state index is 13.1. The lowest BCUT2D eigenvalue weighted by Crippen LogP contribution is -2.25. The minimum absolute atomic E-state index is 0.0650. The van der Waals surface area contributed by atoms with Gasteiger partial charge < -0.3 is 30.2 Å². The minimum Gasteiger partial charge on any atom is -0.395 e. The van der Waals surface area contributed by atoms with Crippen LogP contribution in [0.2, 0.25) is 0 Å². The normalized spacial score (nSPS) is 13.9. The smallest absolute Gasteiger partial charge is 0.395 e. The number of nitrogens with one attached hydrogen (secondary N) is 3. The first-order valence-electron chi connectivity index (χ1n) is 10.5. The van der Waals surface area contributed by atoms with E-state index in [4.69, 9.17) is 4.74 Å². The zero-order valence-corrected chi connectivity index (χ0v) is 18.1. The van der Waals surface area contributed by atoms with Crippen LogP contribution in [0, 0.1) is 0 Å². The number of alkyl halides is 2. The number of fused-ring (bicyclic) bond motifs is 1. The van der Waals surface area contributed by atoms with E-state index in [9.17, 15) is 13.6 Å². The van der Waals surface area contributed by atoms with Gasteiger partial charge in [-0.3, -0.25) is 4.79 Å². The average molecular weight is 450 g/mol. The largest absolute Gasteiger partial charge is 0.586 e. The Morgan fingerprint density at radius 3 is 2.78 bits per heavy atom. The first kappa shape index (κ1) is 23.7. The van der Waals surface area contributed by atoms with Gasteiger partial charge >= 0.3 is 6.29 Å². The average Bonchev–Trinajstić information content (AvgIpc) is 3.04. The highest BCUT2D eigenvalue weighted by molar-refractivity contribution is 5.91. The van der Waals surface area contributed by atoms with Crippen LogP contribution in [-0.2, 0) is 16.1 Å². The Hall–Kier alpha value is -2.98. The second-order valence-corrected chi connectivity index (χ2v) is 7.55. The summed E-state index contributed by atoms with van der Waals surface area (Å²) in [5.41, 5.74) is 1.40. The molecule has 2 aromatic rings. The third-order valence-electron chi connectivity index (χ3n) is 4.45. The molecule has 0 spiro atoms. The molecule has 3 rings (SSSR count). The van der Waals surface area contributed by atoms with E-state index in [1.807, 2.05) is 26.0 Å². The van der Waals surface area contributed by atoms with Gasteiger partial charge in [-0.05, 0) is 50.1 Å². The van der Waals surface area contributed by atoms with Crippen LogP contribution in [0.1, 0.15) is 32.3 Å². The van der Waals surface area contributed by atoms with E-state index >= 15 is 0 Å². The topological polar surface area (TPSA) is 93.7 Å². The van der Waals surface area contributed by atoms with E-state index in [2.05, 4.69) is 30.4 Å². The maximum atomic E-state index is 13.1. The number of anilines is 2. The second kappa shape index (κ2) is 11.1. The van der Waals surface area contributed by atoms with E-state index in [1.54, 1.807) is 6.20 Å². The SMILES string of the molecule is CC(C)OCCCNc1cc(CNCCC(=O)Nc2ccc3c(c2)OC(F)(F)O3)ccn1. The van der Waals surface area contributed by atoms with Crippen molar-refractivity contribution in [1.29, 1.82) is 0 Å². The predicted molar refractivity (Wildman–Crippen MR) is 116 cm³/mol. The lowest BCUT2D eigenvalue weighted by atomic mass is 10.2. The summed E-state index contributed by atoms with van der Waals surface area (Å²) in [6, 6.07) is 7.98. The van der Waals surface area contributed by atoms with E-state index in [-0.39, 0.29) is 29.9 Å². The highest BCUT2D eigenvalue weighted by Crippen LogP contribution is 2.42. The van der Waals surface area contributed by atoms with Crippen LogP contribution in [0.3, 0.4) is 0 Å². The van der Waals surface area contributed by atoms with Crippen LogP contribution >= 0.6 is 0 Å². The van der Waals surface area contributed by atoms with Crippen LogP contribution in [-0.4, -0.2) is 43.0 Å². The molecule has 0 atom stereocenters. The molecule has 0 fully saturated rings. The van der Waals surface area contributed by atoms with Crippen molar-refractivity contribution in [3.05, 3.63) is 42.1 Å². The Bertz CT molecular complexity index is 911. The fourth-order valence-electron chi connectivity index (χ4n) is 2.97. The number of nitrogens with zero attached hydrogens (tertiary/aromatic N) is 1. The number of pyridine rings is 1. The Balaban J connectivity index is 1.34. The van der Waals surface area contributed by atoms with E-state index in [1.165, 1.54) is 18.2 Å². The van der Waals surface area contributed by atoms with Crippen LogP contribution in [0.4, 0.5) is 20.3 Å². The molecule has 2 heterocycles. The Morgan fingerprint density at radius 1 is 1.16 bits per heavy atom. The van der Waals surface area contributed by atoms with Crippen molar-refractivity contribution in [2.75, 3.05) is 30.3 Å². The van der Waals surface area contributed by atoms with Crippen molar-refractivity contribution in [1.82, 2.24) is 10.3 Å². The first-order valence-corrected chi connectivity index (χ1v) is 10.5. The molecule has 1 aromatic heterocycles. The molecule has 1 aromatic carbocycles. The molecule has 1 amide bonds. The van der Waals surface area contributed by atoms with Crippen molar-refractivity contribution in [3.63, 3.8) is 0 Å². The summed E-state index contributed by atoms with van der Waals surface area (Å²) in [6.07, 6.45) is -0.603. The van der Waals surface area contributed by atoms with Gasteiger partial charge in [0.25, 0.3) is 0 Å². The summed E-state index contributed by atoms with van der Waals surface area (Å²) in [6.45, 7) is 6.53. The highest BCUT2D eigenvalue weighted by atomic mass is 19.3. The van der Waals surface area contributed by atoms with Crippen molar-refractivity contribution >= 4 is 17.4 Å². The van der Waals surface area contributed by atoms with Crippen molar-refractivity contribution in [2.24, 2.45) is 0 Å². The quantitative estimate of drug-likeness (QED) is 0.424. The zero-order valence-electron chi connectivity index (χ0n) is 18.1. The molecular weight excluding hydrogens is 422 g/mol. The molecule has 0 saturated heterocycles. The molecule has 8 nitrogen and oxygen atoms in total. The lowest BCUT2D eigenvalue weighted by Gasteiger charge is -2.10.